The minimum atomic E-state index is 0.354. The average molecular weight is 169 g/mol. The van der Waals surface area contributed by atoms with Crippen molar-refractivity contribution in [1.29, 1.82) is 0 Å². The van der Waals surface area contributed by atoms with Crippen LogP contribution in [0.5, 0.6) is 0 Å². The Balaban J connectivity index is 3.94. The van der Waals surface area contributed by atoms with Gasteiger partial charge in [0.05, 0.1) is 0 Å². The van der Waals surface area contributed by atoms with Gasteiger partial charge in [0.1, 0.15) is 0 Å². The van der Waals surface area contributed by atoms with Crippen molar-refractivity contribution < 1.29 is 0 Å². The zero-order valence-corrected chi connectivity index (χ0v) is 9.20. The molecule has 0 aromatic rings. The van der Waals surface area contributed by atoms with Crippen molar-refractivity contribution in [3.05, 3.63) is 12.8 Å². The van der Waals surface area contributed by atoms with E-state index in [9.17, 15) is 0 Å². The minimum absolute atomic E-state index is 0.354. The molecule has 0 radical (unpaired) electrons. The largest absolute Gasteiger partial charge is 0.391 e. The molecule has 0 heterocycles. The summed E-state index contributed by atoms with van der Waals surface area (Å²) in [6.07, 6.45) is 2.99. The van der Waals surface area contributed by atoms with E-state index in [1.807, 2.05) is 0 Å². The van der Waals surface area contributed by atoms with Crippen LogP contribution in [-0.4, -0.2) is 6.54 Å². The van der Waals surface area contributed by atoms with E-state index in [1.165, 1.54) is 6.42 Å². The quantitative estimate of drug-likeness (QED) is 0.681. The van der Waals surface area contributed by atoms with E-state index in [1.54, 1.807) is 6.20 Å². The van der Waals surface area contributed by atoms with Crippen LogP contribution in [0.1, 0.15) is 41.0 Å². The Kier molecular flexibility index (Phi) is 3.82. The topological polar surface area (TPSA) is 12.0 Å². The molecule has 1 nitrogen and oxygen atoms in total. The molecule has 0 unspecified atom stereocenters. The van der Waals surface area contributed by atoms with Crippen LogP contribution in [0.4, 0.5) is 0 Å². The lowest BCUT2D eigenvalue weighted by atomic mass is 9.76. The molecule has 0 aliphatic rings. The van der Waals surface area contributed by atoms with Gasteiger partial charge in [0.15, 0.2) is 0 Å². The fraction of sp³-hybridized carbons (Fsp3) is 0.818. The van der Waals surface area contributed by atoms with E-state index in [-0.39, 0.29) is 0 Å². The van der Waals surface area contributed by atoms with E-state index in [4.69, 9.17) is 0 Å². The summed E-state index contributed by atoms with van der Waals surface area (Å²) in [5, 5.41) is 3.18. The molecule has 1 N–H and O–H groups in total. The number of hydrogen-bond acceptors (Lipinski definition) is 1. The normalized spacial score (nSPS) is 12.8. The number of hydrogen-bond donors (Lipinski definition) is 1. The lowest BCUT2D eigenvalue weighted by Crippen LogP contribution is -2.30. The second-order valence-electron chi connectivity index (χ2n) is 5.49. The summed E-state index contributed by atoms with van der Waals surface area (Å²) in [4.78, 5) is 0. The Morgan fingerprint density at radius 2 is 1.67 bits per heavy atom. The van der Waals surface area contributed by atoms with Gasteiger partial charge in [-0.3, -0.25) is 0 Å². The van der Waals surface area contributed by atoms with Crippen LogP contribution in [0, 0.1) is 10.8 Å². The van der Waals surface area contributed by atoms with E-state index < -0.39 is 0 Å². The van der Waals surface area contributed by atoms with Gasteiger partial charge in [-0.05, 0) is 23.5 Å². The second kappa shape index (κ2) is 3.97. The number of nitrogens with one attached hydrogen (secondary N) is 1. The van der Waals surface area contributed by atoms with Crippen molar-refractivity contribution in [3.8, 4) is 0 Å². The predicted molar refractivity (Wildman–Crippen MR) is 56.1 cm³/mol. The molecule has 0 fully saturated rings. The molecule has 72 valence electrons. The first-order valence-electron chi connectivity index (χ1n) is 4.61. The summed E-state index contributed by atoms with van der Waals surface area (Å²) < 4.78 is 0. The molecule has 0 aromatic carbocycles. The Labute approximate surface area is 77.2 Å². The highest BCUT2D eigenvalue weighted by molar-refractivity contribution is 4.80. The zero-order chi connectivity index (χ0) is 9.83. The molecule has 0 spiro atoms. The molecule has 1 heteroatoms. The lowest BCUT2D eigenvalue weighted by molar-refractivity contribution is 0.212. The summed E-state index contributed by atoms with van der Waals surface area (Å²) in [5.74, 6) is 0. The molecule has 0 bridgehead atoms. The van der Waals surface area contributed by atoms with E-state index >= 15 is 0 Å². The maximum Gasteiger partial charge on any atom is 0.0192 e. The summed E-state index contributed by atoms with van der Waals surface area (Å²) in [7, 11) is 0. The molecular weight excluding hydrogens is 146 g/mol. The summed E-state index contributed by atoms with van der Waals surface area (Å²) in [5.41, 5.74) is 0.763. The van der Waals surface area contributed by atoms with Gasteiger partial charge in [0, 0.05) is 6.54 Å². The highest BCUT2D eigenvalue weighted by Gasteiger charge is 2.24. The molecule has 0 amide bonds. The first-order chi connectivity index (χ1) is 5.27. The van der Waals surface area contributed by atoms with Crippen molar-refractivity contribution in [2.24, 2.45) is 10.8 Å². The smallest absolute Gasteiger partial charge is 0.0192 e. The van der Waals surface area contributed by atoms with Crippen molar-refractivity contribution >= 4 is 0 Å². The fourth-order valence-corrected chi connectivity index (χ4v) is 1.85. The standard InChI is InChI=1S/C11H23N/c1-7-12-9-11(5,6)8-10(2,3)4/h7,12H,1,8-9H2,2-6H3. The molecular formula is C11H23N. The van der Waals surface area contributed by atoms with Gasteiger partial charge in [0.2, 0.25) is 0 Å². The third-order valence-electron chi connectivity index (χ3n) is 1.73. The van der Waals surface area contributed by atoms with Crippen LogP contribution in [0.2, 0.25) is 0 Å². The second-order valence-corrected chi connectivity index (χ2v) is 5.49. The maximum atomic E-state index is 3.65. The van der Waals surface area contributed by atoms with Crippen molar-refractivity contribution in [1.82, 2.24) is 5.32 Å². The third-order valence-corrected chi connectivity index (χ3v) is 1.73. The van der Waals surface area contributed by atoms with Gasteiger partial charge in [-0.2, -0.15) is 0 Å². The molecule has 0 rings (SSSR count). The zero-order valence-electron chi connectivity index (χ0n) is 9.20. The van der Waals surface area contributed by atoms with Gasteiger partial charge < -0.3 is 5.32 Å². The van der Waals surface area contributed by atoms with Crippen LogP contribution in [0.3, 0.4) is 0 Å². The van der Waals surface area contributed by atoms with Gasteiger partial charge >= 0.3 is 0 Å². The van der Waals surface area contributed by atoms with Gasteiger partial charge in [-0.1, -0.05) is 41.2 Å². The molecule has 0 aromatic heterocycles. The highest BCUT2D eigenvalue weighted by Crippen LogP contribution is 2.32. The van der Waals surface area contributed by atoms with Crippen LogP contribution in [0.25, 0.3) is 0 Å². The Morgan fingerprint density at radius 3 is 2.00 bits per heavy atom. The highest BCUT2D eigenvalue weighted by atomic mass is 14.8. The van der Waals surface area contributed by atoms with Crippen LogP contribution < -0.4 is 5.32 Å². The molecule has 12 heavy (non-hydrogen) atoms. The van der Waals surface area contributed by atoms with Crippen LogP contribution >= 0.6 is 0 Å². The Morgan fingerprint density at radius 1 is 1.17 bits per heavy atom. The molecule has 0 saturated carbocycles. The number of rotatable bonds is 4. The monoisotopic (exact) mass is 169 g/mol. The van der Waals surface area contributed by atoms with Crippen molar-refractivity contribution in [3.63, 3.8) is 0 Å². The summed E-state index contributed by atoms with van der Waals surface area (Å²) in [6, 6.07) is 0. The van der Waals surface area contributed by atoms with E-state index in [0.29, 0.717) is 10.8 Å². The van der Waals surface area contributed by atoms with Crippen LogP contribution in [0.15, 0.2) is 12.8 Å². The first-order valence-corrected chi connectivity index (χ1v) is 4.61. The molecule has 0 atom stereocenters. The Bertz CT molecular complexity index is 140. The summed E-state index contributed by atoms with van der Waals surface area (Å²) in [6.45, 7) is 16.1. The third kappa shape index (κ3) is 6.26. The van der Waals surface area contributed by atoms with Gasteiger partial charge in [0.25, 0.3) is 0 Å². The SMILES string of the molecule is C=CNCC(C)(C)CC(C)(C)C. The van der Waals surface area contributed by atoms with E-state index in [2.05, 4.69) is 46.5 Å². The maximum absolute atomic E-state index is 3.65. The van der Waals surface area contributed by atoms with Gasteiger partial charge in [-0.25, -0.2) is 0 Å². The fourth-order valence-electron chi connectivity index (χ4n) is 1.85. The predicted octanol–water partition coefficient (Wildman–Crippen LogP) is 3.18. The lowest BCUT2D eigenvalue weighted by Gasteiger charge is -2.32. The minimum Gasteiger partial charge on any atom is -0.391 e. The van der Waals surface area contributed by atoms with E-state index in [0.717, 1.165) is 6.54 Å². The summed E-state index contributed by atoms with van der Waals surface area (Å²) >= 11 is 0. The molecule has 0 saturated heterocycles. The van der Waals surface area contributed by atoms with Crippen LogP contribution in [-0.2, 0) is 0 Å². The Hall–Kier alpha value is -0.460. The van der Waals surface area contributed by atoms with Crippen molar-refractivity contribution in [2.75, 3.05) is 6.54 Å². The average Bonchev–Trinajstić information content (AvgIpc) is 1.78. The van der Waals surface area contributed by atoms with Gasteiger partial charge in [-0.15, -0.1) is 0 Å². The van der Waals surface area contributed by atoms with Crippen molar-refractivity contribution in [2.45, 2.75) is 41.0 Å². The first kappa shape index (κ1) is 11.5. The molecule has 0 aliphatic carbocycles. The molecule has 0 aliphatic heterocycles.